The van der Waals surface area contributed by atoms with Crippen molar-refractivity contribution in [3.63, 3.8) is 0 Å². The first-order valence-corrected chi connectivity index (χ1v) is 28.2. The Bertz CT molecular complexity index is 2330. The number of pyridine rings is 1. The third kappa shape index (κ3) is 8.61. The number of fused-ring (bicyclic) bond motifs is 4. The molecule has 0 unspecified atom stereocenters. The number of halogens is 2. The van der Waals surface area contributed by atoms with Crippen LogP contribution in [0.15, 0.2) is 35.6 Å². The highest BCUT2D eigenvalue weighted by molar-refractivity contribution is 7.98. The van der Waals surface area contributed by atoms with E-state index in [0.29, 0.717) is 68.2 Å². The minimum Gasteiger partial charge on any atom is -0.543 e. The molecule has 2 bridgehead atoms. The van der Waals surface area contributed by atoms with Gasteiger partial charge in [-0.1, -0.05) is 107 Å². The number of aromatic nitrogens is 3. The Labute approximate surface area is 375 Å². The quantitative estimate of drug-likeness (QED) is 0.0637. The number of amides is 1. The molecular weight excluding hydrogens is 833 g/mol. The first-order chi connectivity index (χ1) is 29.0. The molecule has 2 fully saturated rings. The summed E-state index contributed by atoms with van der Waals surface area (Å²) in [6.07, 6.45) is 4.90. The second kappa shape index (κ2) is 18.0. The zero-order valence-electron chi connectivity index (χ0n) is 40.0. The highest BCUT2D eigenvalue weighted by Gasteiger charge is 2.48. The Balaban J connectivity index is 1.59. The molecule has 0 spiro atoms. The van der Waals surface area contributed by atoms with Crippen LogP contribution in [-0.4, -0.2) is 79.4 Å². The summed E-state index contributed by atoms with van der Waals surface area (Å²) < 4.78 is 47.4. The summed E-state index contributed by atoms with van der Waals surface area (Å²) >= 11 is 1.34. The van der Waals surface area contributed by atoms with Gasteiger partial charge in [-0.2, -0.15) is 0 Å². The van der Waals surface area contributed by atoms with Gasteiger partial charge in [0.05, 0.1) is 23.0 Å². The third-order valence-electron chi connectivity index (χ3n) is 13.8. The molecule has 4 aromatic rings. The summed E-state index contributed by atoms with van der Waals surface area (Å²) in [5.74, 6) is 3.54. The first kappa shape index (κ1) is 47.7. The lowest BCUT2D eigenvalue weighted by Crippen LogP contribution is -2.57. The van der Waals surface area contributed by atoms with Crippen LogP contribution < -0.4 is 9.33 Å². The number of hydrogen-bond acceptors (Lipinski definition) is 8. The highest BCUT2D eigenvalue weighted by Crippen LogP contribution is 2.47. The van der Waals surface area contributed by atoms with E-state index in [1.54, 1.807) is 12.3 Å². The predicted molar refractivity (Wildman–Crippen MR) is 259 cm³/mol. The lowest BCUT2D eigenvalue weighted by Gasteiger charge is -2.42. The van der Waals surface area contributed by atoms with Crippen LogP contribution in [-0.2, 0) is 4.74 Å². The lowest BCUT2D eigenvalue weighted by atomic mass is 9.95. The zero-order chi connectivity index (χ0) is 45.8. The van der Waals surface area contributed by atoms with Gasteiger partial charge in [-0.15, -0.1) is 5.54 Å². The summed E-state index contributed by atoms with van der Waals surface area (Å²) in [6, 6.07) is 6.92. The lowest BCUT2D eigenvalue weighted by molar-refractivity contribution is 0.0123. The molecule has 8 nitrogen and oxygen atoms in total. The predicted octanol–water partition coefficient (Wildman–Crippen LogP) is 13.6. The summed E-state index contributed by atoms with van der Waals surface area (Å²) in [6.45, 7) is 33.5. The van der Waals surface area contributed by atoms with Gasteiger partial charge in [-0.3, -0.25) is 9.88 Å². The monoisotopic (exact) mass is 901 g/mol. The van der Waals surface area contributed by atoms with Crippen molar-refractivity contribution in [1.82, 2.24) is 19.9 Å². The second-order valence-corrected chi connectivity index (χ2v) is 32.2. The van der Waals surface area contributed by atoms with Crippen molar-refractivity contribution < 1.29 is 22.7 Å². The van der Waals surface area contributed by atoms with Gasteiger partial charge in [0.2, 0.25) is 0 Å². The zero-order valence-corrected chi connectivity index (χ0v) is 42.8. The standard InChI is InChI=1S/C49H69F2N5O3SSi2/c1-28(2)61(29(3)4,30(5)6)22-21-38-41(50)20-17-34-23-37(59-62(31(7)8,32(9)10)33(11)12)24-39(42(34)38)44-43(51)45-40(25-52-44)46(54-47(53-45)60-16)55-26-35-18-19-36(27-55)56(35)48(57)58-49(13,14)15/h17,20,23-25,28-33,35-36H,18-19,26-27H2,1-16H3/t35-,36+. The van der Waals surface area contributed by atoms with Crippen molar-refractivity contribution in [2.45, 2.75) is 173 Å². The number of benzene rings is 2. The van der Waals surface area contributed by atoms with E-state index in [2.05, 4.69) is 99.4 Å². The Morgan fingerprint density at radius 3 is 1.95 bits per heavy atom. The minimum absolute atomic E-state index is 0.0547. The largest absolute Gasteiger partial charge is 0.543 e. The van der Waals surface area contributed by atoms with Crippen LogP contribution in [0, 0.1) is 23.1 Å². The Morgan fingerprint density at radius 1 is 0.855 bits per heavy atom. The van der Waals surface area contributed by atoms with Gasteiger partial charge >= 0.3 is 6.09 Å². The van der Waals surface area contributed by atoms with Crippen molar-refractivity contribution in [2.75, 3.05) is 24.2 Å². The van der Waals surface area contributed by atoms with E-state index >= 15 is 8.78 Å². The summed E-state index contributed by atoms with van der Waals surface area (Å²) in [5, 5.41) is 2.12. The van der Waals surface area contributed by atoms with Crippen molar-refractivity contribution in [2.24, 2.45) is 0 Å². The van der Waals surface area contributed by atoms with Crippen LogP contribution in [0.5, 0.6) is 5.75 Å². The molecule has 0 N–H and O–H groups in total. The molecule has 2 saturated heterocycles. The molecule has 0 radical (unpaired) electrons. The number of piperazine rings is 1. The average molecular weight is 902 g/mol. The number of ether oxygens (including phenoxy) is 1. The van der Waals surface area contributed by atoms with Gasteiger partial charge in [0.1, 0.15) is 42.3 Å². The molecule has 2 aromatic heterocycles. The fraction of sp³-hybridized carbons (Fsp3) is 0.592. The second-order valence-electron chi connectivity index (χ2n) is 20.5. The molecular formula is C49H69F2N5O3SSi2. The maximum atomic E-state index is 17.8. The number of rotatable bonds is 11. The normalized spacial score (nSPS) is 17.4. The van der Waals surface area contributed by atoms with E-state index in [0.717, 1.165) is 12.8 Å². The Morgan fingerprint density at radius 2 is 1.44 bits per heavy atom. The maximum Gasteiger partial charge on any atom is 0.410 e. The SMILES string of the molecule is CSc1nc(N2C[C@H]3CC[C@@H](C2)N3C(=O)OC(C)(C)C)c2cnc(-c3cc(O[Si](C(C)C)(C(C)C)C(C)C)cc4ccc(F)c(C#C[Si](C(C)C)(C(C)C)C(C)C)c34)c(F)c2n1. The van der Waals surface area contributed by atoms with Gasteiger partial charge in [0, 0.05) is 30.2 Å². The molecule has 6 rings (SSSR count). The number of carbonyl (C=O) groups excluding carboxylic acids is 1. The van der Waals surface area contributed by atoms with Crippen LogP contribution in [0.1, 0.15) is 122 Å². The smallest absolute Gasteiger partial charge is 0.410 e. The average Bonchev–Trinajstić information content (AvgIpc) is 3.45. The molecule has 62 heavy (non-hydrogen) atoms. The third-order valence-corrected chi connectivity index (χ3v) is 26.6. The van der Waals surface area contributed by atoms with Crippen LogP contribution in [0.4, 0.5) is 19.4 Å². The summed E-state index contributed by atoms with van der Waals surface area (Å²) in [7, 11) is -4.78. The van der Waals surface area contributed by atoms with Gasteiger partial charge < -0.3 is 14.1 Å². The molecule has 2 atom stereocenters. The molecule has 13 heteroatoms. The summed E-state index contributed by atoms with van der Waals surface area (Å²) in [4.78, 5) is 32.0. The number of nitrogens with zero attached hydrogens (tertiary/aromatic N) is 5. The highest BCUT2D eigenvalue weighted by atomic mass is 32.2. The molecule has 336 valence electrons. The number of carbonyl (C=O) groups is 1. The number of thioether (sulfide) groups is 1. The van der Waals surface area contributed by atoms with E-state index in [4.69, 9.17) is 24.1 Å². The Hall–Kier alpha value is -3.74. The fourth-order valence-corrected chi connectivity index (χ4v) is 22.0. The molecule has 2 aliphatic heterocycles. The van der Waals surface area contributed by atoms with E-state index in [-0.39, 0.29) is 51.6 Å². The van der Waals surface area contributed by atoms with Gasteiger partial charge in [-0.05, 0) is 96.7 Å². The van der Waals surface area contributed by atoms with Crippen molar-refractivity contribution in [1.29, 1.82) is 0 Å². The van der Waals surface area contributed by atoms with E-state index in [1.807, 2.05) is 44.1 Å². The number of anilines is 1. The minimum atomic E-state index is -2.48. The molecule has 0 aliphatic carbocycles. The topological polar surface area (TPSA) is 80.7 Å². The molecule has 2 aliphatic rings. The van der Waals surface area contributed by atoms with E-state index < -0.39 is 33.6 Å². The van der Waals surface area contributed by atoms with Crippen molar-refractivity contribution in [3.8, 4) is 28.5 Å². The van der Waals surface area contributed by atoms with Crippen molar-refractivity contribution in [3.05, 3.63) is 47.7 Å². The van der Waals surface area contributed by atoms with Crippen LogP contribution >= 0.6 is 11.8 Å². The van der Waals surface area contributed by atoms with E-state index in [9.17, 15) is 4.79 Å². The van der Waals surface area contributed by atoms with Crippen LogP contribution in [0.3, 0.4) is 0 Å². The maximum absolute atomic E-state index is 17.8. The van der Waals surface area contributed by atoms with Crippen LogP contribution in [0.2, 0.25) is 33.2 Å². The molecule has 4 heterocycles. The summed E-state index contributed by atoms with van der Waals surface area (Å²) in [5.41, 5.74) is 5.86. The number of hydrogen-bond donors (Lipinski definition) is 0. The van der Waals surface area contributed by atoms with E-state index in [1.165, 1.54) is 17.8 Å². The first-order valence-electron chi connectivity index (χ1n) is 22.6. The van der Waals surface area contributed by atoms with Crippen molar-refractivity contribution >= 4 is 61.7 Å². The molecule has 2 aromatic carbocycles. The van der Waals surface area contributed by atoms with Crippen LogP contribution in [0.25, 0.3) is 32.9 Å². The molecule has 1 amide bonds. The fourth-order valence-electron chi connectivity index (χ4n) is 11.2. The van der Waals surface area contributed by atoms with Gasteiger partial charge in [-0.25, -0.2) is 23.5 Å². The molecule has 0 saturated carbocycles. The van der Waals surface area contributed by atoms with Gasteiger partial charge in [0.25, 0.3) is 8.32 Å². The Kier molecular flexibility index (Phi) is 13.9. The van der Waals surface area contributed by atoms with Gasteiger partial charge in [0.15, 0.2) is 11.0 Å².